The second-order valence-corrected chi connectivity index (χ2v) is 9.48. The van der Waals surface area contributed by atoms with Gasteiger partial charge in [-0.25, -0.2) is 9.37 Å². The molecule has 2 N–H and O–H groups in total. The van der Waals surface area contributed by atoms with Crippen LogP contribution < -0.4 is 10.2 Å². The highest BCUT2D eigenvalue weighted by Crippen LogP contribution is 2.47. The Balaban J connectivity index is 1.21. The van der Waals surface area contributed by atoms with E-state index in [-0.39, 0.29) is 35.5 Å². The predicted octanol–water partition coefficient (Wildman–Crippen LogP) is 5.02. The van der Waals surface area contributed by atoms with Gasteiger partial charge in [-0.15, -0.1) is 11.3 Å². The molecule has 0 spiro atoms. The molecule has 0 saturated heterocycles. The van der Waals surface area contributed by atoms with Gasteiger partial charge < -0.3 is 15.2 Å². The lowest BCUT2D eigenvalue weighted by atomic mass is 10.2. The zero-order valence-electron chi connectivity index (χ0n) is 18.2. The van der Waals surface area contributed by atoms with E-state index < -0.39 is 0 Å². The third-order valence-electron chi connectivity index (χ3n) is 6.03. The van der Waals surface area contributed by atoms with E-state index in [0.29, 0.717) is 10.6 Å². The van der Waals surface area contributed by atoms with Crippen molar-refractivity contribution < 1.29 is 14.0 Å². The maximum Gasteiger partial charge on any atom is 0.268 e. The normalized spacial score (nSPS) is 18.2. The number of amides is 2. The number of fused-ring (bicyclic) bond motifs is 1. The summed E-state index contributed by atoms with van der Waals surface area (Å²) in [4.78, 5) is 36.5. The molecular formula is C25H23FN4O2S. The van der Waals surface area contributed by atoms with Crippen LogP contribution in [-0.4, -0.2) is 28.8 Å². The number of hydrogen-bond donors (Lipinski definition) is 2. The highest BCUT2D eigenvalue weighted by atomic mass is 32.1. The Labute approximate surface area is 194 Å². The summed E-state index contributed by atoms with van der Waals surface area (Å²) in [7, 11) is 1.66. The summed E-state index contributed by atoms with van der Waals surface area (Å²) in [5, 5.41) is 3.07. The zero-order valence-corrected chi connectivity index (χ0v) is 19.0. The number of para-hydroxylation sites is 2. The average molecular weight is 463 g/mol. The van der Waals surface area contributed by atoms with E-state index in [4.69, 9.17) is 0 Å². The standard InChI is InChI=1S/C25H23FN4O2S/c1-14(21-11-12-22(33-21)25(32)30(2)16-9-7-15(26)8-10-16)27-24(31)18-13-17(18)23-28-19-5-3-4-6-20(19)29-23/h3-12,14,17-18H,13H2,1-2H3,(H,27,31)(H,28,29)/t14-,17-,18-/m1/s1. The van der Waals surface area contributed by atoms with Gasteiger partial charge in [-0.2, -0.15) is 0 Å². The smallest absolute Gasteiger partial charge is 0.268 e. The molecule has 3 atom stereocenters. The fourth-order valence-electron chi connectivity index (χ4n) is 3.97. The van der Waals surface area contributed by atoms with Crippen LogP contribution in [0.2, 0.25) is 0 Å². The summed E-state index contributed by atoms with van der Waals surface area (Å²) >= 11 is 1.35. The number of aromatic nitrogens is 2. The number of benzene rings is 2. The Hall–Kier alpha value is -3.52. The van der Waals surface area contributed by atoms with E-state index in [2.05, 4.69) is 15.3 Å². The molecule has 168 valence electrons. The first-order chi connectivity index (χ1) is 15.9. The Bertz CT molecular complexity index is 1300. The third-order valence-corrected chi connectivity index (χ3v) is 7.28. The molecule has 33 heavy (non-hydrogen) atoms. The van der Waals surface area contributed by atoms with Gasteiger partial charge in [0.1, 0.15) is 11.6 Å². The van der Waals surface area contributed by atoms with Gasteiger partial charge in [0, 0.05) is 29.4 Å². The molecule has 4 aromatic rings. The first-order valence-corrected chi connectivity index (χ1v) is 11.6. The van der Waals surface area contributed by atoms with Gasteiger partial charge in [-0.1, -0.05) is 12.1 Å². The first kappa shape index (κ1) is 21.3. The zero-order chi connectivity index (χ0) is 23.1. The van der Waals surface area contributed by atoms with Crippen molar-refractivity contribution in [2.75, 3.05) is 11.9 Å². The lowest BCUT2D eigenvalue weighted by molar-refractivity contribution is -0.123. The topological polar surface area (TPSA) is 78.1 Å². The molecule has 6 nitrogen and oxygen atoms in total. The summed E-state index contributed by atoms with van der Waals surface area (Å²) in [5.41, 5.74) is 2.50. The minimum atomic E-state index is -0.346. The van der Waals surface area contributed by atoms with Crippen molar-refractivity contribution in [3.8, 4) is 0 Å². The lowest BCUT2D eigenvalue weighted by Gasteiger charge is -2.16. The molecule has 0 aliphatic heterocycles. The monoisotopic (exact) mass is 462 g/mol. The van der Waals surface area contributed by atoms with Crippen molar-refractivity contribution in [3.05, 3.63) is 82.1 Å². The largest absolute Gasteiger partial charge is 0.349 e. The molecule has 0 bridgehead atoms. The van der Waals surface area contributed by atoms with Crippen LogP contribution in [0.5, 0.6) is 0 Å². The summed E-state index contributed by atoms with van der Waals surface area (Å²) in [6.45, 7) is 1.92. The summed E-state index contributed by atoms with van der Waals surface area (Å²) in [6, 6.07) is 17.1. The SMILES string of the molecule is C[C@@H](NC(=O)[C@@H]1C[C@H]1c1nc2ccccc2[nH]1)c1ccc(C(=O)N(C)c2ccc(F)cc2)s1. The fraction of sp³-hybridized carbons (Fsp3) is 0.240. The molecule has 2 aromatic heterocycles. The number of anilines is 1. The van der Waals surface area contributed by atoms with Gasteiger partial charge in [0.2, 0.25) is 5.91 Å². The van der Waals surface area contributed by atoms with Crippen molar-refractivity contribution in [2.45, 2.75) is 25.3 Å². The molecule has 0 radical (unpaired) electrons. The summed E-state index contributed by atoms with van der Waals surface area (Å²) in [6.07, 6.45) is 0.773. The molecule has 1 saturated carbocycles. The molecule has 5 rings (SSSR count). The van der Waals surface area contributed by atoms with Crippen molar-refractivity contribution in [2.24, 2.45) is 5.92 Å². The van der Waals surface area contributed by atoms with Crippen molar-refractivity contribution >= 4 is 39.9 Å². The number of aromatic amines is 1. The van der Waals surface area contributed by atoms with E-state index in [1.54, 1.807) is 25.2 Å². The Morgan fingerprint density at radius 3 is 2.67 bits per heavy atom. The minimum Gasteiger partial charge on any atom is -0.349 e. The van der Waals surface area contributed by atoms with Crippen molar-refractivity contribution in [3.63, 3.8) is 0 Å². The maximum absolute atomic E-state index is 13.2. The second-order valence-electron chi connectivity index (χ2n) is 8.36. The van der Waals surface area contributed by atoms with Gasteiger partial charge in [0.15, 0.2) is 0 Å². The number of thiophene rings is 1. The average Bonchev–Trinajstić information content (AvgIpc) is 3.26. The number of rotatable bonds is 6. The molecule has 2 amide bonds. The molecule has 8 heteroatoms. The van der Waals surface area contributed by atoms with E-state index >= 15 is 0 Å². The van der Waals surface area contributed by atoms with Gasteiger partial charge in [0.05, 0.1) is 22.0 Å². The van der Waals surface area contributed by atoms with Gasteiger partial charge >= 0.3 is 0 Å². The third kappa shape index (κ3) is 4.26. The van der Waals surface area contributed by atoms with Gasteiger partial charge in [-0.05, 0) is 61.9 Å². The van der Waals surface area contributed by atoms with E-state index in [0.717, 1.165) is 28.2 Å². The fourth-order valence-corrected chi connectivity index (χ4v) is 4.96. The van der Waals surface area contributed by atoms with Crippen LogP contribution in [0.4, 0.5) is 10.1 Å². The number of hydrogen-bond acceptors (Lipinski definition) is 4. The molecular weight excluding hydrogens is 439 g/mol. The molecule has 1 fully saturated rings. The van der Waals surface area contributed by atoms with Crippen LogP contribution in [0, 0.1) is 11.7 Å². The van der Waals surface area contributed by atoms with Crippen LogP contribution in [0.1, 0.15) is 45.7 Å². The number of nitrogens with zero attached hydrogens (tertiary/aromatic N) is 2. The van der Waals surface area contributed by atoms with Crippen molar-refractivity contribution in [1.29, 1.82) is 0 Å². The Morgan fingerprint density at radius 1 is 1.15 bits per heavy atom. The van der Waals surface area contributed by atoms with Crippen LogP contribution in [0.3, 0.4) is 0 Å². The number of H-pyrrole nitrogens is 1. The molecule has 2 heterocycles. The van der Waals surface area contributed by atoms with Gasteiger partial charge in [0.25, 0.3) is 5.91 Å². The van der Waals surface area contributed by atoms with E-state index in [1.807, 2.05) is 37.3 Å². The molecule has 1 aliphatic carbocycles. The first-order valence-electron chi connectivity index (χ1n) is 10.8. The highest BCUT2D eigenvalue weighted by molar-refractivity contribution is 7.14. The lowest BCUT2D eigenvalue weighted by Crippen LogP contribution is -2.28. The molecule has 1 aliphatic rings. The number of imidazole rings is 1. The van der Waals surface area contributed by atoms with Crippen molar-refractivity contribution in [1.82, 2.24) is 15.3 Å². The molecule has 2 aromatic carbocycles. The number of carbonyl (C=O) groups excluding carboxylic acids is 2. The van der Waals surface area contributed by atoms with E-state index in [9.17, 15) is 14.0 Å². The number of halogens is 1. The highest BCUT2D eigenvalue weighted by Gasteiger charge is 2.46. The maximum atomic E-state index is 13.2. The van der Waals surface area contributed by atoms with Gasteiger partial charge in [-0.3, -0.25) is 9.59 Å². The van der Waals surface area contributed by atoms with Crippen LogP contribution in [0.15, 0.2) is 60.7 Å². The number of carbonyl (C=O) groups is 2. The van der Waals surface area contributed by atoms with Crippen LogP contribution >= 0.6 is 11.3 Å². The quantitative estimate of drug-likeness (QED) is 0.422. The minimum absolute atomic E-state index is 0.00216. The molecule has 0 unspecified atom stereocenters. The summed E-state index contributed by atoms with van der Waals surface area (Å²) < 4.78 is 13.2. The van der Waals surface area contributed by atoms with E-state index in [1.165, 1.54) is 28.4 Å². The Morgan fingerprint density at radius 2 is 1.91 bits per heavy atom. The van der Waals surface area contributed by atoms with Crippen LogP contribution in [0.25, 0.3) is 11.0 Å². The number of nitrogens with one attached hydrogen (secondary N) is 2. The Kier molecular flexibility index (Phi) is 5.46. The second kappa shape index (κ2) is 8.44. The van der Waals surface area contributed by atoms with Crippen LogP contribution in [-0.2, 0) is 4.79 Å². The predicted molar refractivity (Wildman–Crippen MR) is 127 cm³/mol. The summed E-state index contributed by atoms with van der Waals surface area (Å²) in [5.74, 6) is 0.340.